The molecule has 160 valence electrons. The van der Waals surface area contributed by atoms with Crippen LogP contribution in [0, 0.1) is 0 Å². The highest BCUT2D eigenvalue weighted by atomic mass is 127. The number of ether oxygens (including phenoxy) is 1. The quantitative estimate of drug-likeness (QED) is 0.269. The smallest absolute Gasteiger partial charge is 0.191 e. The summed E-state index contributed by atoms with van der Waals surface area (Å²) in [6, 6.07) is 8.61. The van der Waals surface area contributed by atoms with Crippen molar-refractivity contribution in [2.24, 2.45) is 4.99 Å². The van der Waals surface area contributed by atoms with E-state index < -0.39 is 0 Å². The fourth-order valence-electron chi connectivity index (χ4n) is 3.24. The lowest BCUT2D eigenvalue weighted by Crippen LogP contribution is -2.47. The van der Waals surface area contributed by atoms with E-state index in [1.54, 1.807) is 6.33 Å². The Morgan fingerprint density at radius 2 is 2.17 bits per heavy atom. The molecule has 0 saturated carbocycles. The molecule has 0 fully saturated rings. The third-order valence-corrected chi connectivity index (χ3v) is 4.82. The van der Waals surface area contributed by atoms with Gasteiger partial charge in [-0.2, -0.15) is 5.10 Å². The van der Waals surface area contributed by atoms with E-state index in [0.717, 1.165) is 43.5 Å². The number of aryl methyl sites for hydroxylation is 1. The topological polar surface area (TPSA) is 76.4 Å². The number of halogens is 1. The molecule has 0 saturated heterocycles. The molecular formula is C21H33IN6O. The number of hydrogen-bond acceptors (Lipinski definition) is 4. The normalized spacial score (nSPS) is 16.6. The first-order chi connectivity index (χ1) is 13.5. The van der Waals surface area contributed by atoms with Gasteiger partial charge in [-0.25, -0.2) is 14.7 Å². The molecule has 1 aromatic carbocycles. The maximum atomic E-state index is 5.91. The molecule has 7 nitrogen and oxygen atoms in total. The molecule has 2 N–H and O–H groups in total. The molecular weight excluding hydrogens is 479 g/mol. The van der Waals surface area contributed by atoms with Crippen LogP contribution >= 0.6 is 24.0 Å². The van der Waals surface area contributed by atoms with Crippen LogP contribution in [0.15, 0.2) is 35.6 Å². The largest absolute Gasteiger partial charge is 0.492 e. The summed E-state index contributed by atoms with van der Waals surface area (Å²) < 4.78 is 7.88. The molecule has 3 rings (SSSR count). The van der Waals surface area contributed by atoms with Crippen molar-refractivity contribution in [2.75, 3.05) is 19.7 Å². The lowest BCUT2D eigenvalue weighted by atomic mass is 9.87. The van der Waals surface area contributed by atoms with Gasteiger partial charge in [0.25, 0.3) is 0 Å². The molecule has 2 heterocycles. The molecule has 0 spiro atoms. The standard InChI is InChI=1S/C21H32N6O.HI/c1-5-22-20(26-17-9-10-19-24-15-25-27(19)14-17)23-11-12-28-18-8-6-7-16(13-18)21(2,3)4;/h6-8,13,15,17H,5,9-12,14H2,1-4H3,(H2,22,23,26);1H. The molecule has 1 unspecified atom stereocenters. The van der Waals surface area contributed by atoms with Crippen LogP contribution in [0.3, 0.4) is 0 Å². The van der Waals surface area contributed by atoms with Gasteiger partial charge in [0.1, 0.15) is 24.5 Å². The monoisotopic (exact) mass is 512 g/mol. The van der Waals surface area contributed by atoms with Gasteiger partial charge in [0.05, 0.1) is 13.1 Å². The summed E-state index contributed by atoms with van der Waals surface area (Å²) in [5, 5.41) is 11.1. The van der Waals surface area contributed by atoms with Crippen LogP contribution in [-0.2, 0) is 18.4 Å². The Balaban J connectivity index is 0.00000300. The molecule has 0 aliphatic carbocycles. The van der Waals surface area contributed by atoms with Crippen molar-refractivity contribution in [3.8, 4) is 5.75 Å². The van der Waals surface area contributed by atoms with Crippen molar-refractivity contribution in [2.45, 2.75) is 58.5 Å². The summed E-state index contributed by atoms with van der Waals surface area (Å²) in [6.45, 7) is 11.5. The zero-order chi connectivity index (χ0) is 20.0. The highest BCUT2D eigenvalue weighted by Gasteiger charge is 2.20. The zero-order valence-corrected chi connectivity index (χ0v) is 20.1. The van der Waals surface area contributed by atoms with Crippen molar-refractivity contribution < 1.29 is 4.74 Å². The van der Waals surface area contributed by atoms with Crippen molar-refractivity contribution in [3.63, 3.8) is 0 Å². The van der Waals surface area contributed by atoms with Crippen LogP contribution in [-0.4, -0.2) is 46.5 Å². The first-order valence-electron chi connectivity index (χ1n) is 10.1. The number of aliphatic imine (C=N–C) groups is 1. The average Bonchev–Trinajstić information content (AvgIpc) is 3.13. The summed E-state index contributed by atoms with van der Waals surface area (Å²) in [5.41, 5.74) is 1.39. The minimum absolute atomic E-state index is 0. The van der Waals surface area contributed by atoms with E-state index in [1.165, 1.54) is 5.56 Å². The minimum atomic E-state index is 0. The molecule has 1 atom stereocenters. The van der Waals surface area contributed by atoms with Crippen molar-refractivity contribution >= 4 is 29.9 Å². The predicted molar refractivity (Wildman–Crippen MR) is 127 cm³/mol. The van der Waals surface area contributed by atoms with Gasteiger partial charge in [-0.15, -0.1) is 24.0 Å². The summed E-state index contributed by atoms with van der Waals surface area (Å²) in [4.78, 5) is 8.94. The molecule has 1 aliphatic rings. The molecule has 0 radical (unpaired) electrons. The summed E-state index contributed by atoms with van der Waals surface area (Å²) in [7, 11) is 0. The van der Waals surface area contributed by atoms with E-state index >= 15 is 0 Å². The van der Waals surface area contributed by atoms with E-state index in [0.29, 0.717) is 19.2 Å². The Morgan fingerprint density at radius 1 is 1.34 bits per heavy atom. The van der Waals surface area contributed by atoms with Gasteiger partial charge in [0.2, 0.25) is 0 Å². The number of guanidine groups is 1. The van der Waals surface area contributed by atoms with Crippen LogP contribution in [0.1, 0.15) is 45.5 Å². The van der Waals surface area contributed by atoms with Crippen LogP contribution < -0.4 is 15.4 Å². The number of benzene rings is 1. The van der Waals surface area contributed by atoms with E-state index in [1.807, 2.05) is 16.8 Å². The maximum Gasteiger partial charge on any atom is 0.191 e. The molecule has 1 aromatic heterocycles. The van der Waals surface area contributed by atoms with E-state index in [4.69, 9.17) is 4.74 Å². The van der Waals surface area contributed by atoms with Crippen LogP contribution in [0.4, 0.5) is 0 Å². The van der Waals surface area contributed by atoms with Gasteiger partial charge in [-0.05, 0) is 36.5 Å². The van der Waals surface area contributed by atoms with Crippen molar-refractivity contribution in [1.82, 2.24) is 25.4 Å². The van der Waals surface area contributed by atoms with Gasteiger partial charge in [-0.3, -0.25) is 0 Å². The van der Waals surface area contributed by atoms with Gasteiger partial charge in [0.15, 0.2) is 5.96 Å². The van der Waals surface area contributed by atoms with Crippen LogP contribution in [0.5, 0.6) is 5.75 Å². The lowest BCUT2D eigenvalue weighted by molar-refractivity contribution is 0.327. The third kappa shape index (κ3) is 6.87. The minimum Gasteiger partial charge on any atom is -0.492 e. The van der Waals surface area contributed by atoms with Gasteiger partial charge in [-0.1, -0.05) is 32.9 Å². The van der Waals surface area contributed by atoms with Gasteiger partial charge >= 0.3 is 0 Å². The number of nitrogens with zero attached hydrogens (tertiary/aromatic N) is 4. The molecule has 1 aliphatic heterocycles. The second kappa shape index (κ2) is 10.8. The van der Waals surface area contributed by atoms with E-state index in [2.05, 4.69) is 65.5 Å². The lowest BCUT2D eigenvalue weighted by Gasteiger charge is -2.25. The van der Waals surface area contributed by atoms with Gasteiger partial charge in [0, 0.05) is 19.0 Å². The van der Waals surface area contributed by atoms with Crippen LogP contribution in [0.2, 0.25) is 0 Å². The molecule has 2 aromatic rings. The molecule has 0 amide bonds. The molecule has 8 heteroatoms. The molecule has 29 heavy (non-hydrogen) atoms. The number of hydrogen-bond donors (Lipinski definition) is 2. The summed E-state index contributed by atoms with van der Waals surface area (Å²) >= 11 is 0. The van der Waals surface area contributed by atoms with Gasteiger partial charge < -0.3 is 15.4 Å². The number of aromatic nitrogens is 3. The maximum absolute atomic E-state index is 5.91. The second-order valence-corrected chi connectivity index (χ2v) is 8.13. The second-order valence-electron chi connectivity index (χ2n) is 8.13. The highest BCUT2D eigenvalue weighted by molar-refractivity contribution is 14.0. The Bertz CT molecular complexity index is 798. The number of rotatable bonds is 6. The highest BCUT2D eigenvalue weighted by Crippen LogP contribution is 2.25. The fourth-order valence-corrected chi connectivity index (χ4v) is 3.24. The molecule has 0 bridgehead atoms. The van der Waals surface area contributed by atoms with Crippen LogP contribution in [0.25, 0.3) is 0 Å². The Morgan fingerprint density at radius 3 is 2.93 bits per heavy atom. The Kier molecular flexibility index (Phi) is 8.73. The van der Waals surface area contributed by atoms with Crippen molar-refractivity contribution in [1.29, 1.82) is 0 Å². The fraction of sp³-hybridized carbons (Fsp3) is 0.571. The number of fused-ring (bicyclic) bond motifs is 1. The SMILES string of the molecule is CCNC(=NCCOc1cccc(C(C)(C)C)c1)NC1CCc2ncnn2C1.I. The van der Waals surface area contributed by atoms with Crippen molar-refractivity contribution in [3.05, 3.63) is 42.0 Å². The zero-order valence-electron chi connectivity index (χ0n) is 17.8. The first-order valence-corrected chi connectivity index (χ1v) is 10.1. The summed E-state index contributed by atoms with van der Waals surface area (Å²) in [6.07, 6.45) is 3.59. The predicted octanol–water partition coefficient (Wildman–Crippen LogP) is 3.14. The Hall–Kier alpha value is -1.84. The Labute approximate surface area is 190 Å². The average molecular weight is 512 g/mol. The van der Waals surface area contributed by atoms with E-state index in [9.17, 15) is 0 Å². The third-order valence-electron chi connectivity index (χ3n) is 4.82. The number of nitrogens with one attached hydrogen (secondary N) is 2. The van der Waals surface area contributed by atoms with E-state index in [-0.39, 0.29) is 29.4 Å². The summed E-state index contributed by atoms with van der Waals surface area (Å²) in [5.74, 6) is 2.78. The first kappa shape index (κ1) is 23.4.